The number of carbonyl (C=O) groups is 3. The number of hydrogen-bond acceptors (Lipinski definition) is 7. The van der Waals surface area contributed by atoms with E-state index in [1.54, 1.807) is 39.0 Å². The summed E-state index contributed by atoms with van der Waals surface area (Å²) < 4.78 is 14.1. The minimum Gasteiger partial charge on any atom is -0.461 e. The second-order valence-electron chi connectivity index (χ2n) is 6.33. The molecule has 1 aliphatic rings. The Balaban J connectivity index is 0.000000680. The maximum absolute atomic E-state index is 11.6. The van der Waals surface area contributed by atoms with Gasteiger partial charge in [0.05, 0.1) is 0 Å². The van der Waals surface area contributed by atoms with E-state index in [-0.39, 0.29) is 18.5 Å². The SMILES string of the molecule is CC(=O)OCc1cc(CNC(=O)OC(C)(C)C)ccc1N.O=C1CO1. The van der Waals surface area contributed by atoms with E-state index < -0.39 is 11.7 Å². The van der Waals surface area contributed by atoms with Crippen LogP contribution >= 0.6 is 0 Å². The van der Waals surface area contributed by atoms with Gasteiger partial charge in [0, 0.05) is 24.7 Å². The fraction of sp³-hybridized carbons (Fsp3) is 0.471. The Morgan fingerprint density at radius 1 is 1.32 bits per heavy atom. The number of carbonyl (C=O) groups excluding carboxylic acids is 3. The summed E-state index contributed by atoms with van der Waals surface area (Å²) in [5.41, 5.74) is 7.36. The summed E-state index contributed by atoms with van der Waals surface area (Å²) in [6, 6.07) is 5.30. The topological polar surface area (TPSA) is 120 Å². The first-order valence-electron chi connectivity index (χ1n) is 7.70. The van der Waals surface area contributed by atoms with Crippen LogP contribution in [0.2, 0.25) is 0 Å². The normalized spacial score (nSPS) is 12.2. The van der Waals surface area contributed by atoms with Crippen LogP contribution in [-0.4, -0.2) is 30.2 Å². The largest absolute Gasteiger partial charge is 0.461 e. The molecule has 0 saturated carbocycles. The summed E-state index contributed by atoms with van der Waals surface area (Å²) in [6.45, 7) is 7.50. The molecule has 1 saturated heterocycles. The highest BCUT2D eigenvalue weighted by molar-refractivity contribution is 5.82. The van der Waals surface area contributed by atoms with E-state index in [1.165, 1.54) is 6.92 Å². The summed E-state index contributed by atoms with van der Waals surface area (Å²) in [5.74, 6) is -0.452. The highest BCUT2D eigenvalue weighted by Crippen LogP contribution is 2.16. The van der Waals surface area contributed by atoms with Crippen molar-refractivity contribution in [2.45, 2.75) is 46.4 Å². The van der Waals surface area contributed by atoms with Crippen LogP contribution in [0.15, 0.2) is 18.2 Å². The third kappa shape index (κ3) is 9.85. The fourth-order valence-corrected chi connectivity index (χ4v) is 1.59. The first-order chi connectivity index (χ1) is 11.6. The molecule has 1 amide bonds. The van der Waals surface area contributed by atoms with Crippen molar-refractivity contribution in [2.75, 3.05) is 12.3 Å². The lowest BCUT2D eigenvalue weighted by atomic mass is 10.1. The molecule has 138 valence electrons. The number of rotatable bonds is 4. The lowest BCUT2D eigenvalue weighted by molar-refractivity contribution is -0.142. The summed E-state index contributed by atoms with van der Waals surface area (Å²) in [7, 11) is 0. The maximum atomic E-state index is 11.6. The Hall–Kier alpha value is -2.77. The Kier molecular flexibility index (Phi) is 7.22. The lowest BCUT2D eigenvalue weighted by Crippen LogP contribution is -2.32. The lowest BCUT2D eigenvalue weighted by Gasteiger charge is -2.19. The van der Waals surface area contributed by atoms with Gasteiger partial charge in [0.25, 0.3) is 0 Å². The first-order valence-corrected chi connectivity index (χ1v) is 7.70. The van der Waals surface area contributed by atoms with E-state index in [0.717, 1.165) is 5.56 Å². The molecule has 0 aliphatic carbocycles. The van der Waals surface area contributed by atoms with Gasteiger partial charge >= 0.3 is 18.0 Å². The van der Waals surface area contributed by atoms with Gasteiger partial charge < -0.3 is 25.3 Å². The summed E-state index contributed by atoms with van der Waals surface area (Å²) in [4.78, 5) is 31.7. The number of anilines is 1. The first kappa shape index (κ1) is 20.3. The average molecular weight is 352 g/mol. The zero-order valence-corrected chi connectivity index (χ0v) is 14.9. The summed E-state index contributed by atoms with van der Waals surface area (Å²) >= 11 is 0. The van der Waals surface area contributed by atoms with Crippen LogP contribution in [-0.2, 0) is 37.0 Å². The van der Waals surface area contributed by atoms with Crippen LogP contribution in [0.5, 0.6) is 0 Å². The van der Waals surface area contributed by atoms with Crippen LogP contribution in [0.25, 0.3) is 0 Å². The highest BCUT2D eigenvalue weighted by Gasteiger charge is 2.16. The molecular formula is C17H24N2O6. The van der Waals surface area contributed by atoms with Gasteiger partial charge in [0.15, 0.2) is 6.61 Å². The van der Waals surface area contributed by atoms with E-state index in [1.807, 2.05) is 0 Å². The quantitative estimate of drug-likeness (QED) is 0.367. The van der Waals surface area contributed by atoms with Crippen molar-refractivity contribution >= 4 is 23.7 Å². The van der Waals surface area contributed by atoms with Gasteiger partial charge in [0.2, 0.25) is 0 Å². The van der Waals surface area contributed by atoms with E-state index >= 15 is 0 Å². The monoisotopic (exact) mass is 352 g/mol. The second-order valence-corrected chi connectivity index (χ2v) is 6.33. The molecule has 0 radical (unpaired) electrons. The van der Waals surface area contributed by atoms with E-state index in [4.69, 9.17) is 15.2 Å². The number of nitrogen functional groups attached to an aromatic ring is 1. The Labute approximate surface area is 146 Å². The predicted octanol–water partition coefficient (Wildman–Crippen LogP) is 1.90. The minimum atomic E-state index is -0.536. The minimum absolute atomic E-state index is 0.0833. The summed E-state index contributed by atoms with van der Waals surface area (Å²) in [5, 5.41) is 2.66. The molecule has 25 heavy (non-hydrogen) atoms. The van der Waals surface area contributed by atoms with Crippen molar-refractivity contribution < 1.29 is 28.6 Å². The molecule has 2 rings (SSSR count). The van der Waals surface area contributed by atoms with Crippen LogP contribution < -0.4 is 11.1 Å². The van der Waals surface area contributed by atoms with Crippen molar-refractivity contribution in [1.82, 2.24) is 5.32 Å². The maximum Gasteiger partial charge on any atom is 0.407 e. The number of benzene rings is 1. The molecule has 1 heterocycles. The zero-order valence-electron chi connectivity index (χ0n) is 14.9. The molecule has 1 aromatic carbocycles. The van der Waals surface area contributed by atoms with E-state index in [2.05, 4.69) is 10.1 Å². The number of nitrogens with one attached hydrogen (secondary N) is 1. The molecule has 0 aromatic heterocycles. The third-order valence-electron chi connectivity index (χ3n) is 2.74. The number of amides is 1. The van der Waals surface area contributed by atoms with Gasteiger partial charge in [-0.05, 0) is 38.5 Å². The van der Waals surface area contributed by atoms with Gasteiger partial charge in [-0.15, -0.1) is 0 Å². The molecule has 8 nitrogen and oxygen atoms in total. The van der Waals surface area contributed by atoms with Gasteiger partial charge in [-0.2, -0.15) is 0 Å². The predicted molar refractivity (Wildman–Crippen MR) is 90.4 cm³/mol. The number of epoxide rings is 1. The van der Waals surface area contributed by atoms with Crippen molar-refractivity contribution in [3.8, 4) is 0 Å². The third-order valence-corrected chi connectivity index (χ3v) is 2.74. The molecular weight excluding hydrogens is 328 g/mol. The second kappa shape index (κ2) is 8.91. The van der Waals surface area contributed by atoms with Gasteiger partial charge in [0.1, 0.15) is 12.2 Å². The number of ether oxygens (including phenoxy) is 3. The Bertz CT molecular complexity index is 631. The standard InChI is InChI=1S/C15H22N2O4.C2H2O2/c1-10(18)20-9-12-7-11(5-6-13(12)16)8-17-14(19)21-15(2,3)4;3-2-1-4-2/h5-7H,8-9,16H2,1-4H3,(H,17,19);1H2. The number of hydrogen-bond donors (Lipinski definition) is 2. The number of esters is 1. The van der Waals surface area contributed by atoms with Crippen molar-refractivity contribution in [2.24, 2.45) is 0 Å². The molecule has 1 aromatic rings. The van der Waals surface area contributed by atoms with Gasteiger partial charge in [-0.1, -0.05) is 6.07 Å². The van der Waals surface area contributed by atoms with Gasteiger partial charge in [-0.25, -0.2) is 9.59 Å². The summed E-state index contributed by atoms with van der Waals surface area (Å²) in [6.07, 6.45) is -0.485. The highest BCUT2D eigenvalue weighted by atomic mass is 16.6. The van der Waals surface area contributed by atoms with Gasteiger partial charge in [-0.3, -0.25) is 4.79 Å². The van der Waals surface area contributed by atoms with Crippen LogP contribution in [0, 0.1) is 0 Å². The van der Waals surface area contributed by atoms with E-state index in [0.29, 0.717) is 24.4 Å². The van der Waals surface area contributed by atoms with Crippen molar-refractivity contribution in [3.63, 3.8) is 0 Å². The Morgan fingerprint density at radius 3 is 2.40 bits per heavy atom. The van der Waals surface area contributed by atoms with Crippen LogP contribution in [0.4, 0.5) is 10.5 Å². The Morgan fingerprint density at radius 2 is 1.92 bits per heavy atom. The van der Waals surface area contributed by atoms with Crippen molar-refractivity contribution in [3.05, 3.63) is 29.3 Å². The molecule has 3 N–H and O–H groups in total. The smallest absolute Gasteiger partial charge is 0.407 e. The average Bonchev–Trinajstić information content (AvgIpc) is 3.26. The molecule has 0 bridgehead atoms. The number of cyclic esters (lactones) is 1. The van der Waals surface area contributed by atoms with Crippen molar-refractivity contribution in [1.29, 1.82) is 0 Å². The fourth-order valence-electron chi connectivity index (χ4n) is 1.59. The molecule has 1 fully saturated rings. The molecule has 8 heteroatoms. The number of alkyl carbamates (subject to hydrolysis) is 1. The number of nitrogens with two attached hydrogens (primary N) is 1. The molecule has 0 unspecified atom stereocenters. The molecule has 0 atom stereocenters. The van der Waals surface area contributed by atoms with Crippen LogP contribution in [0.3, 0.4) is 0 Å². The zero-order chi connectivity index (χ0) is 19.0. The van der Waals surface area contributed by atoms with E-state index in [9.17, 15) is 14.4 Å². The van der Waals surface area contributed by atoms with Crippen LogP contribution in [0.1, 0.15) is 38.8 Å². The molecule has 0 spiro atoms. The molecule has 1 aliphatic heterocycles.